The summed E-state index contributed by atoms with van der Waals surface area (Å²) in [7, 11) is 1.84. The number of likely N-dealkylation sites (N-methyl/N-ethyl adjacent to an activating group) is 1. The lowest BCUT2D eigenvalue weighted by Crippen LogP contribution is -2.37. The summed E-state index contributed by atoms with van der Waals surface area (Å²) in [5.74, 6) is -0.779. The molecule has 0 fully saturated rings. The number of fused-ring (bicyclic) bond motifs is 1. The van der Waals surface area contributed by atoms with Crippen molar-refractivity contribution >= 4 is 16.7 Å². The van der Waals surface area contributed by atoms with Crippen LogP contribution in [0.25, 0.3) is 10.8 Å². The molecule has 1 aromatic carbocycles. The number of carboxylic acids is 1. The van der Waals surface area contributed by atoms with E-state index in [0.29, 0.717) is 13.0 Å². The highest BCUT2D eigenvalue weighted by Gasteiger charge is 2.20. The number of rotatable bonds is 5. The highest BCUT2D eigenvalue weighted by Crippen LogP contribution is 2.19. The van der Waals surface area contributed by atoms with Gasteiger partial charge >= 0.3 is 5.97 Å². The van der Waals surface area contributed by atoms with E-state index < -0.39 is 12.0 Å². The molecule has 1 N–H and O–H groups in total. The van der Waals surface area contributed by atoms with Gasteiger partial charge in [0.05, 0.1) is 0 Å². The van der Waals surface area contributed by atoms with Crippen molar-refractivity contribution in [2.45, 2.75) is 25.9 Å². The van der Waals surface area contributed by atoms with E-state index in [1.165, 1.54) is 0 Å². The summed E-state index contributed by atoms with van der Waals surface area (Å²) in [6, 6.07) is 7.56. The van der Waals surface area contributed by atoms with Gasteiger partial charge in [-0.25, -0.2) is 0 Å². The van der Waals surface area contributed by atoms with Crippen LogP contribution in [0.5, 0.6) is 0 Å². The van der Waals surface area contributed by atoms with Crippen molar-refractivity contribution in [3.8, 4) is 0 Å². The maximum Gasteiger partial charge on any atom is 0.320 e. The average molecular weight is 258 g/mol. The summed E-state index contributed by atoms with van der Waals surface area (Å²) in [5, 5.41) is 11.4. The largest absolute Gasteiger partial charge is 0.480 e. The second kappa shape index (κ2) is 5.80. The highest BCUT2D eigenvalue weighted by atomic mass is 16.4. The molecule has 4 heteroatoms. The molecule has 0 saturated heterocycles. The van der Waals surface area contributed by atoms with Crippen LogP contribution in [0.15, 0.2) is 36.7 Å². The van der Waals surface area contributed by atoms with Crippen LogP contribution in [-0.2, 0) is 11.3 Å². The molecule has 19 heavy (non-hydrogen) atoms. The first-order valence-electron chi connectivity index (χ1n) is 6.38. The number of aromatic nitrogens is 1. The third-order valence-corrected chi connectivity index (χ3v) is 3.37. The minimum atomic E-state index is -0.779. The predicted octanol–water partition coefficient (Wildman–Crippen LogP) is 2.53. The topological polar surface area (TPSA) is 53.4 Å². The van der Waals surface area contributed by atoms with Gasteiger partial charge in [-0.3, -0.25) is 14.7 Å². The predicted molar refractivity (Wildman–Crippen MR) is 74.9 cm³/mol. The number of pyridine rings is 1. The van der Waals surface area contributed by atoms with Gasteiger partial charge in [0, 0.05) is 24.3 Å². The van der Waals surface area contributed by atoms with E-state index in [-0.39, 0.29) is 0 Å². The SMILES string of the molecule is CCC(C(=O)O)N(C)Cc1cncc2ccccc12. The molecule has 2 rings (SSSR count). The number of benzene rings is 1. The normalized spacial score (nSPS) is 12.8. The molecule has 0 aliphatic rings. The van der Waals surface area contributed by atoms with Gasteiger partial charge in [0.25, 0.3) is 0 Å². The summed E-state index contributed by atoms with van der Waals surface area (Å²) < 4.78 is 0. The van der Waals surface area contributed by atoms with Crippen LogP contribution >= 0.6 is 0 Å². The number of carboxylic acid groups (broad SMARTS) is 1. The lowest BCUT2D eigenvalue weighted by atomic mass is 10.1. The molecular formula is C15H18N2O2. The molecule has 0 radical (unpaired) electrons. The van der Waals surface area contributed by atoms with E-state index in [1.807, 2.05) is 55.5 Å². The van der Waals surface area contributed by atoms with Gasteiger partial charge in [-0.15, -0.1) is 0 Å². The quantitative estimate of drug-likeness (QED) is 0.895. The molecular weight excluding hydrogens is 240 g/mol. The van der Waals surface area contributed by atoms with Crippen LogP contribution < -0.4 is 0 Å². The van der Waals surface area contributed by atoms with E-state index in [0.717, 1.165) is 16.3 Å². The second-order valence-corrected chi connectivity index (χ2v) is 4.70. The fourth-order valence-electron chi connectivity index (χ4n) is 2.36. The average Bonchev–Trinajstić information content (AvgIpc) is 2.39. The summed E-state index contributed by atoms with van der Waals surface area (Å²) in [4.78, 5) is 17.2. The zero-order chi connectivity index (χ0) is 13.8. The smallest absolute Gasteiger partial charge is 0.320 e. The first-order valence-corrected chi connectivity index (χ1v) is 6.38. The van der Waals surface area contributed by atoms with Crippen LogP contribution in [-0.4, -0.2) is 34.0 Å². The van der Waals surface area contributed by atoms with Gasteiger partial charge in [0.1, 0.15) is 6.04 Å². The number of aliphatic carboxylic acids is 1. The van der Waals surface area contributed by atoms with Gasteiger partial charge < -0.3 is 5.11 Å². The Labute approximate surface area is 112 Å². The number of carbonyl (C=O) groups is 1. The molecule has 0 aliphatic heterocycles. The van der Waals surface area contributed by atoms with Gasteiger partial charge in [0.2, 0.25) is 0 Å². The van der Waals surface area contributed by atoms with Crippen molar-refractivity contribution in [2.75, 3.05) is 7.05 Å². The molecule has 1 aromatic heterocycles. The van der Waals surface area contributed by atoms with Crippen LogP contribution in [0.3, 0.4) is 0 Å². The monoisotopic (exact) mass is 258 g/mol. The van der Waals surface area contributed by atoms with Crippen LogP contribution in [0, 0.1) is 0 Å². The van der Waals surface area contributed by atoms with Crippen LogP contribution in [0.4, 0.5) is 0 Å². The Hall–Kier alpha value is -1.94. The molecule has 0 saturated carbocycles. The standard InChI is InChI=1S/C15H18N2O2/c1-3-14(15(18)19)17(2)10-12-9-16-8-11-6-4-5-7-13(11)12/h4-9,14H,3,10H2,1-2H3,(H,18,19). The minimum Gasteiger partial charge on any atom is -0.480 e. The zero-order valence-electron chi connectivity index (χ0n) is 11.2. The third kappa shape index (κ3) is 2.90. The summed E-state index contributed by atoms with van der Waals surface area (Å²) in [6.45, 7) is 2.47. The Bertz CT molecular complexity index is 578. The van der Waals surface area contributed by atoms with E-state index in [1.54, 1.807) is 0 Å². The molecule has 0 spiro atoms. The van der Waals surface area contributed by atoms with Gasteiger partial charge in [-0.2, -0.15) is 0 Å². The van der Waals surface area contributed by atoms with Crippen molar-refractivity contribution in [1.29, 1.82) is 0 Å². The maximum atomic E-state index is 11.2. The number of hydrogen-bond acceptors (Lipinski definition) is 3. The van der Waals surface area contributed by atoms with E-state index >= 15 is 0 Å². The highest BCUT2D eigenvalue weighted by molar-refractivity contribution is 5.84. The first kappa shape index (κ1) is 13.5. The van der Waals surface area contributed by atoms with Crippen molar-refractivity contribution in [2.24, 2.45) is 0 Å². The molecule has 0 amide bonds. The molecule has 1 atom stereocenters. The van der Waals surface area contributed by atoms with E-state index in [4.69, 9.17) is 0 Å². The van der Waals surface area contributed by atoms with Gasteiger partial charge in [0.15, 0.2) is 0 Å². The molecule has 2 aromatic rings. The molecule has 1 heterocycles. The summed E-state index contributed by atoms with van der Waals surface area (Å²) in [5.41, 5.74) is 1.06. The molecule has 0 aliphatic carbocycles. The lowest BCUT2D eigenvalue weighted by Gasteiger charge is -2.23. The Morgan fingerprint density at radius 3 is 2.79 bits per heavy atom. The van der Waals surface area contributed by atoms with Crippen molar-refractivity contribution in [3.05, 3.63) is 42.2 Å². The zero-order valence-corrected chi connectivity index (χ0v) is 11.2. The Morgan fingerprint density at radius 1 is 1.37 bits per heavy atom. The van der Waals surface area contributed by atoms with Crippen LogP contribution in [0.2, 0.25) is 0 Å². The summed E-state index contributed by atoms with van der Waals surface area (Å²) in [6.07, 6.45) is 4.23. The number of nitrogens with zero attached hydrogens (tertiary/aromatic N) is 2. The fraction of sp³-hybridized carbons (Fsp3) is 0.333. The minimum absolute atomic E-state index is 0.459. The summed E-state index contributed by atoms with van der Waals surface area (Å²) >= 11 is 0. The van der Waals surface area contributed by atoms with Gasteiger partial charge in [-0.05, 0) is 24.4 Å². The molecule has 0 bridgehead atoms. The van der Waals surface area contributed by atoms with Crippen molar-refractivity contribution < 1.29 is 9.90 Å². The first-order chi connectivity index (χ1) is 9.13. The maximum absolute atomic E-state index is 11.2. The fourth-order valence-corrected chi connectivity index (χ4v) is 2.36. The lowest BCUT2D eigenvalue weighted by molar-refractivity contribution is -0.143. The Balaban J connectivity index is 2.28. The molecule has 100 valence electrons. The van der Waals surface area contributed by atoms with Crippen molar-refractivity contribution in [3.63, 3.8) is 0 Å². The second-order valence-electron chi connectivity index (χ2n) is 4.70. The van der Waals surface area contributed by atoms with Gasteiger partial charge in [-0.1, -0.05) is 31.2 Å². The van der Waals surface area contributed by atoms with E-state index in [2.05, 4.69) is 4.98 Å². The van der Waals surface area contributed by atoms with E-state index in [9.17, 15) is 9.90 Å². The Morgan fingerprint density at radius 2 is 2.11 bits per heavy atom. The Kier molecular flexibility index (Phi) is 4.12. The van der Waals surface area contributed by atoms with Crippen molar-refractivity contribution in [1.82, 2.24) is 9.88 Å². The molecule has 4 nitrogen and oxygen atoms in total. The third-order valence-electron chi connectivity index (χ3n) is 3.37. The molecule has 1 unspecified atom stereocenters. The van der Waals surface area contributed by atoms with Crippen LogP contribution in [0.1, 0.15) is 18.9 Å². The number of hydrogen-bond donors (Lipinski definition) is 1.